The summed E-state index contributed by atoms with van der Waals surface area (Å²) in [5, 5.41) is 6.44. The summed E-state index contributed by atoms with van der Waals surface area (Å²) in [6.45, 7) is 3.07. The highest BCUT2D eigenvalue weighted by molar-refractivity contribution is 5.86. The minimum Gasteiger partial charge on any atom is -0.356 e. The van der Waals surface area contributed by atoms with Gasteiger partial charge in [-0.15, -0.1) is 0 Å². The van der Waals surface area contributed by atoms with Crippen molar-refractivity contribution in [3.05, 3.63) is 35.4 Å². The van der Waals surface area contributed by atoms with Gasteiger partial charge >= 0.3 is 0 Å². The summed E-state index contributed by atoms with van der Waals surface area (Å²) < 4.78 is 0. The average Bonchev–Trinajstić information content (AvgIpc) is 2.84. The second-order valence-corrected chi connectivity index (χ2v) is 5.39. The van der Waals surface area contributed by atoms with Crippen molar-refractivity contribution in [3.63, 3.8) is 0 Å². The van der Waals surface area contributed by atoms with Crippen molar-refractivity contribution in [2.75, 3.05) is 19.6 Å². The molecule has 0 saturated carbocycles. The molecule has 3 nitrogen and oxygen atoms in total. The summed E-state index contributed by atoms with van der Waals surface area (Å²) in [7, 11) is 0. The minimum atomic E-state index is 0.0999. The summed E-state index contributed by atoms with van der Waals surface area (Å²) in [6.07, 6.45) is 3.27. The zero-order valence-electron chi connectivity index (χ0n) is 10.6. The number of rotatable bonds is 4. The molecule has 1 aliphatic heterocycles. The molecule has 1 heterocycles. The Labute approximate surface area is 108 Å². The summed E-state index contributed by atoms with van der Waals surface area (Å²) in [6, 6.07) is 8.25. The fourth-order valence-electron chi connectivity index (χ4n) is 2.98. The van der Waals surface area contributed by atoms with Crippen molar-refractivity contribution >= 4 is 5.91 Å². The van der Waals surface area contributed by atoms with Crippen LogP contribution in [0.25, 0.3) is 0 Å². The third kappa shape index (κ3) is 2.27. The normalized spacial score (nSPS) is 25.3. The second kappa shape index (κ2) is 5.11. The first-order valence-corrected chi connectivity index (χ1v) is 6.91. The molecule has 2 aliphatic rings. The molecule has 1 saturated heterocycles. The average molecular weight is 244 g/mol. The van der Waals surface area contributed by atoms with E-state index < -0.39 is 0 Å². The lowest BCUT2D eigenvalue weighted by molar-refractivity contribution is -0.123. The maximum atomic E-state index is 12.0. The van der Waals surface area contributed by atoms with Gasteiger partial charge in [0, 0.05) is 6.54 Å². The molecule has 2 unspecified atom stereocenters. The van der Waals surface area contributed by atoms with E-state index in [1.54, 1.807) is 0 Å². The quantitative estimate of drug-likeness (QED) is 0.841. The molecule has 3 heteroatoms. The molecule has 1 aliphatic carbocycles. The van der Waals surface area contributed by atoms with Gasteiger partial charge in [-0.05, 0) is 49.4 Å². The highest BCUT2D eigenvalue weighted by Crippen LogP contribution is 2.34. The van der Waals surface area contributed by atoms with E-state index in [1.165, 1.54) is 17.5 Å². The lowest BCUT2D eigenvalue weighted by atomic mass is 9.77. The summed E-state index contributed by atoms with van der Waals surface area (Å²) >= 11 is 0. The number of hydrogen-bond acceptors (Lipinski definition) is 2. The molecule has 2 N–H and O–H groups in total. The number of hydrogen-bond donors (Lipinski definition) is 2. The highest BCUT2D eigenvalue weighted by atomic mass is 16.1. The van der Waals surface area contributed by atoms with Gasteiger partial charge in [0.2, 0.25) is 5.91 Å². The summed E-state index contributed by atoms with van der Waals surface area (Å²) in [5.41, 5.74) is 2.55. The summed E-state index contributed by atoms with van der Waals surface area (Å²) in [4.78, 5) is 12.0. The minimum absolute atomic E-state index is 0.0999. The van der Waals surface area contributed by atoms with E-state index in [-0.39, 0.29) is 11.8 Å². The van der Waals surface area contributed by atoms with Crippen LogP contribution >= 0.6 is 0 Å². The number of amides is 1. The van der Waals surface area contributed by atoms with Crippen LogP contribution < -0.4 is 10.6 Å². The maximum absolute atomic E-state index is 12.0. The van der Waals surface area contributed by atoms with Gasteiger partial charge in [-0.1, -0.05) is 24.3 Å². The van der Waals surface area contributed by atoms with Gasteiger partial charge in [0.05, 0.1) is 5.92 Å². The molecule has 3 rings (SSSR count). The van der Waals surface area contributed by atoms with Crippen LogP contribution in [-0.2, 0) is 11.2 Å². The Bertz CT molecular complexity index is 438. The Morgan fingerprint density at radius 1 is 1.39 bits per heavy atom. The van der Waals surface area contributed by atoms with Gasteiger partial charge < -0.3 is 10.6 Å². The van der Waals surface area contributed by atoms with Gasteiger partial charge in [-0.25, -0.2) is 0 Å². The lowest BCUT2D eigenvalue weighted by Gasteiger charge is -2.29. The van der Waals surface area contributed by atoms with Crippen molar-refractivity contribution < 1.29 is 4.79 Å². The van der Waals surface area contributed by atoms with E-state index >= 15 is 0 Å². The van der Waals surface area contributed by atoms with Crippen LogP contribution in [0.15, 0.2) is 24.3 Å². The molecular weight excluding hydrogens is 224 g/mol. The number of carbonyl (C=O) groups is 1. The molecule has 1 fully saturated rings. The molecule has 0 radical (unpaired) electrons. The number of benzene rings is 1. The Morgan fingerprint density at radius 2 is 2.28 bits per heavy atom. The van der Waals surface area contributed by atoms with Crippen molar-refractivity contribution in [2.24, 2.45) is 5.92 Å². The van der Waals surface area contributed by atoms with Crippen LogP contribution in [-0.4, -0.2) is 25.5 Å². The molecular formula is C15H20N2O. The molecule has 96 valence electrons. The van der Waals surface area contributed by atoms with Crippen LogP contribution in [0.3, 0.4) is 0 Å². The molecule has 1 aromatic carbocycles. The van der Waals surface area contributed by atoms with Gasteiger partial charge in [-0.3, -0.25) is 4.79 Å². The van der Waals surface area contributed by atoms with E-state index in [0.29, 0.717) is 0 Å². The zero-order valence-corrected chi connectivity index (χ0v) is 10.6. The van der Waals surface area contributed by atoms with E-state index in [4.69, 9.17) is 0 Å². The van der Waals surface area contributed by atoms with E-state index in [1.807, 2.05) is 12.1 Å². The van der Waals surface area contributed by atoms with E-state index in [0.717, 1.165) is 38.4 Å². The SMILES string of the molecule is O=C(NCCC1CCNC1)C1Cc2ccccc21. The Balaban J connectivity index is 1.45. The maximum Gasteiger partial charge on any atom is 0.227 e. The van der Waals surface area contributed by atoms with Gasteiger partial charge in [0.25, 0.3) is 0 Å². The first-order valence-electron chi connectivity index (χ1n) is 6.91. The molecule has 1 amide bonds. The van der Waals surface area contributed by atoms with Crippen molar-refractivity contribution in [1.82, 2.24) is 10.6 Å². The fraction of sp³-hybridized carbons (Fsp3) is 0.533. The highest BCUT2D eigenvalue weighted by Gasteiger charge is 2.31. The molecule has 1 aromatic rings. The second-order valence-electron chi connectivity index (χ2n) is 5.39. The predicted molar refractivity (Wildman–Crippen MR) is 71.5 cm³/mol. The molecule has 0 spiro atoms. The van der Waals surface area contributed by atoms with Crippen LogP contribution in [0.4, 0.5) is 0 Å². The number of nitrogens with one attached hydrogen (secondary N) is 2. The first-order chi connectivity index (χ1) is 8.84. The van der Waals surface area contributed by atoms with Crippen LogP contribution in [0.2, 0.25) is 0 Å². The van der Waals surface area contributed by atoms with E-state index in [9.17, 15) is 4.79 Å². The monoisotopic (exact) mass is 244 g/mol. The van der Waals surface area contributed by atoms with Crippen molar-refractivity contribution in [3.8, 4) is 0 Å². The Kier molecular flexibility index (Phi) is 3.33. The molecule has 0 aromatic heterocycles. The van der Waals surface area contributed by atoms with E-state index in [2.05, 4.69) is 22.8 Å². The molecule has 0 bridgehead atoms. The molecule has 2 atom stereocenters. The van der Waals surface area contributed by atoms with Crippen LogP contribution in [0.5, 0.6) is 0 Å². The van der Waals surface area contributed by atoms with Crippen LogP contribution in [0.1, 0.15) is 29.9 Å². The lowest BCUT2D eigenvalue weighted by Crippen LogP contribution is -2.36. The van der Waals surface area contributed by atoms with Gasteiger partial charge in [0.1, 0.15) is 0 Å². The van der Waals surface area contributed by atoms with Gasteiger partial charge in [-0.2, -0.15) is 0 Å². The first kappa shape index (κ1) is 11.7. The Hall–Kier alpha value is -1.35. The predicted octanol–water partition coefficient (Wildman–Crippen LogP) is 1.44. The number of carbonyl (C=O) groups excluding carboxylic acids is 1. The number of fused-ring (bicyclic) bond motifs is 1. The third-order valence-corrected chi connectivity index (χ3v) is 4.19. The summed E-state index contributed by atoms with van der Waals surface area (Å²) in [5.74, 6) is 1.06. The molecule has 18 heavy (non-hydrogen) atoms. The largest absolute Gasteiger partial charge is 0.356 e. The van der Waals surface area contributed by atoms with Gasteiger partial charge in [0.15, 0.2) is 0 Å². The van der Waals surface area contributed by atoms with Crippen LogP contribution in [0, 0.1) is 5.92 Å². The fourth-order valence-corrected chi connectivity index (χ4v) is 2.98. The smallest absolute Gasteiger partial charge is 0.227 e. The standard InChI is InChI=1S/C15H20N2O/c18-15(17-8-6-11-5-7-16-10-11)14-9-12-3-1-2-4-13(12)14/h1-4,11,14,16H,5-10H2,(H,17,18). The van der Waals surface area contributed by atoms with Crippen molar-refractivity contribution in [1.29, 1.82) is 0 Å². The zero-order chi connectivity index (χ0) is 12.4. The van der Waals surface area contributed by atoms with Crippen molar-refractivity contribution in [2.45, 2.75) is 25.2 Å². The Morgan fingerprint density at radius 3 is 3.06 bits per heavy atom. The topological polar surface area (TPSA) is 41.1 Å². The third-order valence-electron chi connectivity index (χ3n) is 4.19.